The van der Waals surface area contributed by atoms with Gasteiger partial charge in [-0.25, -0.2) is 0 Å². The highest BCUT2D eigenvalue weighted by Crippen LogP contribution is 2.41. The molecule has 0 saturated carbocycles. The number of hydrogen-bond acceptors (Lipinski definition) is 3. The largest absolute Gasteiger partial charge is 0.383 e. The number of benzene rings is 1. The second-order valence-electron chi connectivity index (χ2n) is 8.41. The Kier molecular flexibility index (Phi) is 6.63. The van der Waals surface area contributed by atoms with Gasteiger partial charge >= 0.3 is 0 Å². The average molecular weight is 449 g/mol. The molecule has 3 aromatic rings. The number of methoxy groups -OCH3 is 1. The van der Waals surface area contributed by atoms with Crippen LogP contribution in [0.15, 0.2) is 48.7 Å². The number of thiocarbonyl (C=S) groups is 1. The van der Waals surface area contributed by atoms with E-state index < -0.39 is 0 Å². The lowest BCUT2D eigenvalue weighted by Gasteiger charge is -2.28. The monoisotopic (exact) mass is 448 g/mol. The topological polar surface area (TPSA) is 42.3 Å². The molecule has 1 saturated heterocycles. The van der Waals surface area contributed by atoms with E-state index in [9.17, 15) is 0 Å². The number of para-hydroxylation sites is 1. The Labute approximate surface area is 196 Å². The first-order valence-electron chi connectivity index (χ1n) is 11.2. The molecule has 1 aromatic carbocycles. The van der Waals surface area contributed by atoms with E-state index >= 15 is 0 Å². The molecule has 6 heteroatoms. The van der Waals surface area contributed by atoms with Gasteiger partial charge in [-0.05, 0) is 74.3 Å². The maximum absolute atomic E-state index is 5.77. The molecule has 0 spiro atoms. The normalized spacial score (nSPS) is 18.3. The molecular weight excluding hydrogens is 416 g/mol. The summed E-state index contributed by atoms with van der Waals surface area (Å²) in [7, 11) is 1.73. The molecule has 2 aromatic heterocycles. The van der Waals surface area contributed by atoms with Crippen molar-refractivity contribution in [2.24, 2.45) is 0 Å². The van der Waals surface area contributed by atoms with Crippen molar-refractivity contribution in [1.82, 2.24) is 19.8 Å². The van der Waals surface area contributed by atoms with E-state index in [0.29, 0.717) is 6.61 Å². The highest BCUT2D eigenvalue weighted by molar-refractivity contribution is 7.80. The van der Waals surface area contributed by atoms with Crippen LogP contribution in [0.4, 0.5) is 0 Å². The smallest absolute Gasteiger partial charge is 0.170 e. The molecule has 1 N–H and O–H groups in total. The van der Waals surface area contributed by atoms with Gasteiger partial charge in [0.05, 0.1) is 30.1 Å². The zero-order chi connectivity index (χ0) is 22.8. The van der Waals surface area contributed by atoms with E-state index in [1.807, 2.05) is 18.3 Å². The molecule has 0 unspecified atom stereocenters. The summed E-state index contributed by atoms with van der Waals surface area (Å²) in [6.45, 7) is 10.2. The molecule has 1 aliphatic rings. The Morgan fingerprint density at radius 1 is 1.12 bits per heavy atom. The van der Waals surface area contributed by atoms with Crippen LogP contribution < -0.4 is 5.32 Å². The molecule has 1 fully saturated rings. The molecule has 168 valence electrons. The Morgan fingerprint density at radius 3 is 2.62 bits per heavy atom. The van der Waals surface area contributed by atoms with Gasteiger partial charge in [0.15, 0.2) is 5.11 Å². The molecular formula is C26H32N4OS. The van der Waals surface area contributed by atoms with E-state index in [1.165, 1.54) is 33.8 Å². The predicted molar refractivity (Wildman–Crippen MR) is 133 cm³/mol. The summed E-state index contributed by atoms with van der Waals surface area (Å²) in [5.74, 6) is 0. The summed E-state index contributed by atoms with van der Waals surface area (Å²) < 4.78 is 7.81. The fourth-order valence-electron chi connectivity index (χ4n) is 4.93. The van der Waals surface area contributed by atoms with Crippen LogP contribution in [0.3, 0.4) is 0 Å². The van der Waals surface area contributed by atoms with Crippen molar-refractivity contribution in [3.05, 3.63) is 82.4 Å². The van der Waals surface area contributed by atoms with Gasteiger partial charge in [-0.1, -0.05) is 31.2 Å². The first kappa shape index (κ1) is 22.5. The van der Waals surface area contributed by atoms with Gasteiger partial charge < -0.3 is 19.5 Å². The number of aromatic nitrogens is 2. The number of aryl methyl sites for hydroxylation is 3. The Balaban J connectivity index is 1.86. The highest BCUT2D eigenvalue weighted by atomic mass is 32.1. The van der Waals surface area contributed by atoms with Gasteiger partial charge in [-0.3, -0.25) is 4.98 Å². The summed E-state index contributed by atoms with van der Waals surface area (Å²) in [6, 6.07) is 15.0. The fraction of sp³-hybridized carbons (Fsp3) is 0.385. The minimum absolute atomic E-state index is 0.0166. The maximum atomic E-state index is 5.77. The van der Waals surface area contributed by atoms with Gasteiger partial charge in [-0.15, -0.1) is 0 Å². The van der Waals surface area contributed by atoms with Crippen LogP contribution in [-0.4, -0.2) is 39.8 Å². The van der Waals surface area contributed by atoms with E-state index in [0.717, 1.165) is 23.8 Å². The van der Waals surface area contributed by atoms with Gasteiger partial charge in [-0.2, -0.15) is 0 Å². The second-order valence-corrected chi connectivity index (χ2v) is 8.80. The maximum Gasteiger partial charge on any atom is 0.170 e. The average Bonchev–Trinajstić information content (AvgIpc) is 3.27. The van der Waals surface area contributed by atoms with Gasteiger partial charge in [0.2, 0.25) is 0 Å². The van der Waals surface area contributed by atoms with Gasteiger partial charge in [0, 0.05) is 31.2 Å². The minimum Gasteiger partial charge on any atom is -0.383 e. The van der Waals surface area contributed by atoms with E-state index in [-0.39, 0.29) is 12.1 Å². The molecule has 2 atom stereocenters. The Morgan fingerprint density at radius 2 is 1.94 bits per heavy atom. The van der Waals surface area contributed by atoms with Crippen LogP contribution >= 0.6 is 12.2 Å². The highest BCUT2D eigenvalue weighted by Gasteiger charge is 2.41. The van der Waals surface area contributed by atoms with Crippen molar-refractivity contribution in [2.45, 2.75) is 46.2 Å². The molecule has 0 amide bonds. The summed E-state index contributed by atoms with van der Waals surface area (Å²) in [5, 5.41) is 4.29. The number of hydrogen-bond donors (Lipinski definition) is 1. The third-order valence-electron chi connectivity index (χ3n) is 6.45. The van der Waals surface area contributed by atoms with Gasteiger partial charge in [0.25, 0.3) is 0 Å². The van der Waals surface area contributed by atoms with E-state index in [1.54, 1.807) is 7.11 Å². The third-order valence-corrected chi connectivity index (χ3v) is 6.80. The lowest BCUT2D eigenvalue weighted by molar-refractivity contribution is 0.164. The summed E-state index contributed by atoms with van der Waals surface area (Å²) in [5.41, 5.74) is 8.67. The zero-order valence-electron chi connectivity index (χ0n) is 19.6. The Bertz CT molecular complexity index is 1110. The van der Waals surface area contributed by atoms with Crippen LogP contribution in [-0.2, 0) is 11.2 Å². The lowest BCUT2D eigenvalue weighted by atomic mass is 9.96. The summed E-state index contributed by atoms with van der Waals surface area (Å²) >= 11 is 5.77. The van der Waals surface area contributed by atoms with Crippen molar-refractivity contribution in [1.29, 1.82) is 0 Å². The van der Waals surface area contributed by atoms with E-state index in [2.05, 4.69) is 77.8 Å². The molecule has 0 aliphatic carbocycles. The van der Waals surface area contributed by atoms with Crippen LogP contribution in [0, 0.1) is 20.8 Å². The predicted octanol–water partition coefficient (Wildman–Crippen LogP) is 4.98. The first-order valence-corrected chi connectivity index (χ1v) is 11.6. The lowest BCUT2D eigenvalue weighted by Crippen LogP contribution is -2.32. The zero-order valence-corrected chi connectivity index (χ0v) is 20.4. The quantitative estimate of drug-likeness (QED) is 0.517. The molecule has 3 heterocycles. The van der Waals surface area contributed by atoms with Crippen molar-refractivity contribution in [3.63, 3.8) is 0 Å². The SMILES string of the molecule is CCc1cccc(C)c1-n1c(C)cc([C@H]2[C@H](c3ccccn3)NC(=S)N2CCOC)c1C. The molecule has 4 rings (SSSR count). The summed E-state index contributed by atoms with van der Waals surface area (Å²) in [4.78, 5) is 6.91. The van der Waals surface area contributed by atoms with Crippen molar-refractivity contribution >= 4 is 17.3 Å². The van der Waals surface area contributed by atoms with Gasteiger partial charge in [0.1, 0.15) is 0 Å². The van der Waals surface area contributed by atoms with Crippen LogP contribution in [0.2, 0.25) is 0 Å². The van der Waals surface area contributed by atoms with Crippen molar-refractivity contribution in [3.8, 4) is 5.69 Å². The number of nitrogens with zero attached hydrogens (tertiary/aromatic N) is 3. The minimum atomic E-state index is -0.0166. The van der Waals surface area contributed by atoms with Crippen molar-refractivity contribution in [2.75, 3.05) is 20.3 Å². The number of pyridine rings is 1. The molecule has 0 bridgehead atoms. The van der Waals surface area contributed by atoms with Crippen LogP contribution in [0.1, 0.15) is 52.8 Å². The third kappa shape index (κ3) is 3.93. The number of rotatable bonds is 7. The van der Waals surface area contributed by atoms with E-state index in [4.69, 9.17) is 17.0 Å². The molecule has 32 heavy (non-hydrogen) atoms. The molecule has 5 nitrogen and oxygen atoms in total. The van der Waals surface area contributed by atoms with Crippen LogP contribution in [0.25, 0.3) is 5.69 Å². The molecule has 1 aliphatic heterocycles. The van der Waals surface area contributed by atoms with Crippen LogP contribution in [0.5, 0.6) is 0 Å². The Hall–Kier alpha value is -2.70. The standard InChI is InChI=1S/C26H32N4OS/c1-6-20-11-9-10-17(2)24(20)30-18(3)16-21(19(30)4)25-23(22-12-7-8-13-27-22)28-26(32)29(25)14-15-31-5/h7-13,16,23,25H,6,14-15H2,1-5H3,(H,28,32)/t23-,25-/m0/s1. The summed E-state index contributed by atoms with van der Waals surface area (Å²) in [6.07, 6.45) is 2.84. The second kappa shape index (κ2) is 9.43. The number of ether oxygens (including phenoxy) is 1. The van der Waals surface area contributed by atoms with Crippen molar-refractivity contribution < 1.29 is 4.74 Å². The first-order chi connectivity index (χ1) is 15.5. The fourth-order valence-corrected chi connectivity index (χ4v) is 5.26. The molecule has 0 radical (unpaired) electrons. The number of nitrogens with one attached hydrogen (secondary N) is 1.